The van der Waals surface area contributed by atoms with E-state index in [0.29, 0.717) is 6.54 Å². The third kappa shape index (κ3) is 3.51. The van der Waals surface area contributed by atoms with Gasteiger partial charge in [0.05, 0.1) is 23.3 Å². The molecule has 0 aromatic carbocycles. The van der Waals surface area contributed by atoms with Crippen molar-refractivity contribution in [2.24, 2.45) is 0 Å². The Kier molecular flexibility index (Phi) is 4.50. The highest BCUT2D eigenvalue weighted by molar-refractivity contribution is 7.09. The Labute approximate surface area is 106 Å². The molecule has 0 unspecified atom stereocenters. The molecule has 1 saturated heterocycles. The van der Waals surface area contributed by atoms with Gasteiger partial charge in [0.25, 0.3) is 0 Å². The van der Waals surface area contributed by atoms with E-state index in [1.165, 1.54) is 6.42 Å². The standard InChI is InChI=1S/C12H19N3OS/c1-2-11-15-9(8-17-11)7-14-12(16)10-5-3-4-6-13-10/h8,10,13H,2-7H2,1H3,(H,14,16)/t10-/m0/s1. The summed E-state index contributed by atoms with van der Waals surface area (Å²) < 4.78 is 0. The second kappa shape index (κ2) is 6.12. The van der Waals surface area contributed by atoms with Gasteiger partial charge >= 0.3 is 0 Å². The lowest BCUT2D eigenvalue weighted by molar-refractivity contribution is -0.123. The highest BCUT2D eigenvalue weighted by atomic mass is 32.1. The molecule has 1 fully saturated rings. The summed E-state index contributed by atoms with van der Waals surface area (Å²) in [5.74, 6) is 0.107. The molecule has 0 bridgehead atoms. The smallest absolute Gasteiger partial charge is 0.237 e. The topological polar surface area (TPSA) is 54.0 Å². The van der Waals surface area contributed by atoms with Crippen LogP contribution in [0.1, 0.15) is 36.9 Å². The Morgan fingerprint density at radius 1 is 1.65 bits per heavy atom. The normalized spacial score (nSPS) is 20.2. The first-order valence-electron chi connectivity index (χ1n) is 6.24. The van der Waals surface area contributed by atoms with E-state index in [2.05, 4.69) is 22.5 Å². The molecule has 2 heterocycles. The fourth-order valence-corrected chi connectivity index (χ4v) is 2.71. The quantitative estimate of drug-likeness (QED) is 0.854. The van der Waals surface area contributed by atoms with Gasteiger partial charge in [-0.2, -0.15) is 0 Å². The first-order valence-corrected chi connectivity index (χ1v) is 7.12. The number of hydrogen-bond donors (Lipinski definition) is 2. The number of carbonyl (C=O) groups excluding carboxylic acids is 1. The van der Waals surface area contributed by atoms with Gasteiger partial charge in [0, 0.05) is 5.38 Å². The molecule has 2 N–H and O–H groups in total. The SMILES string of the molecule is CCc1nc(CNC(=O)[C@@H]2CCCCN2)cs1. The third-order valence-electron chi connectivity index (χ3n) is 2.97. The van der Waals surface area contributed by atoms with Crippen molar-refractivity contribution >= 4 is 17.2 Å². The summed E-state index contributed by atoms with van der Waals surface area (Å²) >= 11 is 1.66. The van der Waals surface area contributed by atoms with Crippen molar-refractivity contribution in [1.29, 1.82) is 0 Å². The van der Waals surface area contributed by atoms with Crippen molar-refractivity contribution in [3.63, 3.8) is 0 Å². The Morgan fingerprint density at radius 2 is 2.53 bits per heavy atom. The molecule has 1 aromatic rings. The Bertz CT molecular complexity index is 372. The summed E-state index contributed by atoms with van der Waals surface area (Å²) in [5, 5.41) is 9.34. The van der Waals surface area contributed by atoms with E-state index in [1.54, 1.807) is 11.3 Å². The van der Waals surface area contributed by atoms with Gasteiger partial charge in [-0.1, -0.05) is 13.3 Å². The van der Waals surface area contributed by atoms with Crippen LogP contribution in [0, 0.1) is 0 Å². The van der Waals surface area contributed by atoms with Crippen LogP contribution in [0.25, 0.3) is 0 Å². The van der Waals surface area contributed by atoms with Crippen LogP contribution in [-0.4, -0.2) is 23.5 Å². The van der Waals surface area contributed by atoms with Gasteiger partial charge in [-0.05, 0) is 25.8 Å². The maximum absolute atomic E-state index is 11.8. The van der Waals surface area contributed by atoms with E-state index in [0.717, 1.165) is 36.5 Å². The van der Waals surface area contributed by atoms with Crippen LogP contribution in [0.4, 0.5) is 0 Å². The van der Waals surface area contributed by atoms with Crippen LogP contribution in [-0.2, 0) is 17.8 Å². The van der Waals surface area contributed by atoms with Crippen molar-refractivity contribution in [3.8, 4) is 0 Å². The minimum atomic E-state index is -0.00645. The molecule has 0 radical (unpaired) electrons. The maximum atomic E-state index is 11.8. The Balaban J connectivity index is 1.78. The van der Waals surface area contributed by atoms with Crippen LogP contribution < -0.4 is 10.6 Å². The molecule has 1 aliphatic heterocycles. The molecule has 1 atom stereocenters. The fraction of sp³-hybridized carbons (Fsp3) is 0.667. The first-order chi connectivity index (χ1) is 8.29. The molecule has 0 saturated carbocycles. The summed E-state index contributed by atoms with van der Waals surface area (Å²) in [6.45, 7) is 3.59. The molecule has 1 aliphatic rings. The molecule has 2 rings (SSSR count). The molecule has 0 aliphatic carbocycles. The lowest BCUT2D eigenvalue weighted by Gasteiger charge is -2.22. The molecule has 4 nitrogen and oxygen atoms in total. The van der Waals surface area contributed by atoms with Crippen LogP contribution in [0.2, 0.25) is 0 Å². The molecule has 94 valence electrons. The zero-order valence-electron chi connectivity index (χ0n) is 10.2. The lowest BCUT2D eigenvalue weighted by atomic mass is 10.0. The molecular weight excluding hydrogens is 234 g/mol. The molecule has 5 heteroatoms. The van der Waals surface area contributed by atoms with Gasteiger partial charge in [-0.15, -0.1) is 11.3 Å². The predicted octanol–water partition coefficient (Wildman–Crippen LogP) is 1.46. The predicted molar refractivity (Wildman–Crippen MR) is 69.0 cm³/mol. The molecule has 1 aromatic heterocycles. The average molecular weight is 253 g/mol. The number of aromatic nitrogens is 1. The van der Waals surface area contributed by atoms with E-state index >= 15 is 0 Å². The average Bonchev–Trinajstić information content (AvgIpc) is 2.85. The third-order valence-corrected chi connectivity index (χ3v) is 4.01. The number of amides is 1. The minimum Gasteiger partial charge on any atom is -0.349 e. The number of carbonyl (C=O) groups is 1. The number of nitrogens with zero attached hydrogens (tertiary/aromatic N) is 1. The maximum Gasteiger partial charge on any atom is 0.237 e. The van der Waals surface area contributed by atoms with Crippen LogP contribution in [0.15, 0.2) is 5.38 Å². The van der Waals surface area contributed by atoms with Gasteiger partial charge in [0.2, 0.25) is 5.91 Å². The van der Waals surface area contributed by atoms with Crippen LogP contribution in [0.3, 0.4) is 0 Å². The number of rotatable bonds is 4. The summed E-state index contributed by atoms with van der Waals surface area (Å²) in [7, 11) is 0. The van der Waals surface area contributed by atoms with Crippen LogP contribution in [0.5, 0.6) is 0 Å². The summed E-state index contributed by atoms with van der Waals surface area (Å²) in [6, 6.07) is -0.00645. The minimum absolute atomic E-state index is 0.00645. The number of hydrogen-bond acceptors (Lipinski definition) is 4. The van der Waals surface area contributed by atoms with E-state index in [1.807, 2.05) is 5.38 Å². The monoisotopic (exact) mass is 253 g/mol. The zero-order valence-corrected chi connectivity index (χ0v) is 11.0. The van der Waals surface area contributed by atoms with Crippen molar-refractivity contribution < 1.29 is 4.79 Å². The largest absolute Gasteiger partial charge is 0.349 e. The summed E-state index contributed by atoms with van der Waals surface area (Å²) in [4.78, 5) is 16.3. The number of nitrogens with one attached hydrogen (secondary N) is 2. The van der Waals surface area contributed by atoms with E-state index in [4.69, 9.17) is 0 Å². The van der Waals surface area contributed by atoms with E-state index in [-0.39, 0.29) is 11.9 Å². The molecule has 1 amide bonds. The molecule has 17 heavy (non-hydrogen) atoms. The summed E-state index contributed by atoms with van der Waals surface area (Å²) in [6.07, 6.45) is 4.23. The van der Waals surface area contributed by atoms with Gasteiger partial charge in [-0.25, -0.2) is 4.98 Å². The van der Waals surface area contributed by atoms with Crippen molar-refractivity contribution in [2.75, 3.05) is 6.54 Å². The van der Waals surface area contributed by atoms with Gasteiger partial charge < -0.3 is 10.6 Å². The zero-order chi connectivity index (χ0) is 12.1. The van der Waals surface area contributed by atoms with Crippen molar-refractivity contribution in [3.05, 3.63) is 16.1 Å². The number of piperidine rings is 1. The van der Waals surface area contributed by atoms with Gasteiger partial charge in [0.1, 0.15) is 0 Å². The van der Waals surface area contributed by atoms with Gasteiger partial charge in [-0.3, -0.25) is 4.79 Å². The van der Waals surface area contributed by atoms with Crippen molar-refractivity contribution in [1.82, 2.24) is 15.6 Å². The lowest BCUT2D eigenvalue weighted by Crippen LogP contribution is -2.46. The number of aryl methyl sites for hydroxylation is 1. The van der Waals surface area contributed by atoms with E-state index in [9.17, 15) is 4.79 Å². The van der Waals surface area contributed by atoms with Crippen molar-refractivity contribution in [2.45, 2.75) is 45.2 Å². The Hall–Kier alpha value is -0.940. The number of thiazole rings is 1. The summed E-state index contributed by atoms with van der Waals surface area (Å²) in [5.41, 5.74) is 0.969. The van der Waals surface area contributed by atoms with Crippen LogP contribution >= 0.6 is 11.3 Å². The second-order valence-corrected chi connectivity index (χ2v) is 5.25. The second-order valence-electron chi connectivity index (χ2n) is 4.31. The van der Waals surface area contributed by atoms with E-state index < -0.39 is 0 Å². The fourth-order valence-electron chi connectivity index (χ4n) is 1.97. The Morgan fingerprint density at radius 3 is 3.18 bits per heavy atom. The highest BCUT2D eigenvalue weighted by Crippen LogP contribution is 2.10. The van der Waals surface area contributed by atoms with Gasteiger partial charge in [0.15, 0.2) is 0 Å². The highest BCUT2D eigenvalue weighted by Gasteiger charge is 2.19. The molecular formula is C12H19N3OS. The first kappa shape index (κ1) is 12.5. The molecule has 0 spiro atoms.